The summed E-state index contributed by atoms with van der Waals surface area (Å²) in [6.07, 6.45) is 4.08. The number of nitrogens with zero attached hydrogens (tertiary/aromatic N) is 3. The van der Waals surface area contributed by atoms with Crippen LogP contribution in [0.4, 0.5) is 0 Å². The number of rotatable bonds is 5. The second kappa shape index (κ2) is 9.88. The molecule has 4 atom stereocenters. The molecule has 1 spiro atoms. The van der Waals surface area contributed by atoms with Crippen LogP contribution in [0.2, 0.25) is 0 Å². The van der Waals surface area contributed by atoms with Crippen molar-refractivity contribution in [3.05, 3.63) is 81.7 Å². The average molecular weight is 581 g/mol. The van der Waals surface area contributed by atoms with E-state index >= 15 is 0 Å². The van der Waals surface area contributed by atoms with Crippen LogP contribution in [0, 0.1) is 12.8 Å². The normalized spacial score (nSPS) is 26.9. The highest BCUT2D eigenvalue weighted by Gasteiger charge is 2.65. The summed E-state index contributed by atoms with van der Waals surface area (Å²) in [7, 11) is 3.98. The number of nitrogens with one attached hydrogen (secondary N) is 1. The van der Waals surface area contributed by atoms with Gasteiger partial charge in [-0.3, -0.25) is 9.59 Å². The van der Waals surface area contributed by atoms with E-state index in [0.717, 1.165) is 55.0 Å². The molecule has 2 bridgehead atoms. The molecule has 0 radical (unpaired) electrons. The van der Waals surface area contributed by atoms with E-state index in [0.29, 0.717) is 50.3 Å². The number of amides is 2. The number of likely N-dealkylation sites (tertiary alicyclic amines) is 1. The minimum atomic E-state index is -0.151. The van der Waals surface area contributed by atoms with Crippen molar-refractivity contribution in [3.63, 3.8) is 0 Å². The molecular weight excluding hydrogens is 540 g/mol. The van der Waals surface area contributed by atoms with E-state index in [9.17, 15) is 9.59 Å². The van der Waals surface area contributed by atoms with Gasteiger partial charge in [0.1, 0.15) is 11.8 Å². The number of benzene rings is 2. The molecule has 3 aromatic rings. The largest absolute Gasteiger partial charge is 0.493 e. The van der Waals surface area contributed by atoms with Gasteiger partial charge in [-0.15, -0.1) is 0 Å². The Kier molecular flexibility index (Phi) is 6.16. The van der Waals surface area contributed by atoms with E-state index in [4.69, 9.17) is 9.47 Å². The number of likely N-dealkylation sites (N-methyl/N-ethyl adjacent to an activating group) is 1. The molecule has 4 heterocycles. The lowest BCUT2D eigenvalue weighted by molar-refractivity contribution is -0.132. The quantitative estimate of drug-likeness (QED) is 0.493. The summed E-state index contributed by atoms with van der Waals surface area (Å²) in [4.78, 5) is 36.9. The number of piperidine rings is 1. The summed E-state index contributed by atoms with van der Waals surface area (Å²) in [5.41, 5.74) is 7.85. The van der Waals surface area contributed by atoms with Gasteiger partial charge in [-0.05, 0) is 80.4 Å². The molecule has 2 aromatic carbocycles. The molecule has 1 unspecified atom stereocenters. The standard InChI is InChI=1S/C35H40N4O4/c1-21-24-20-25-26-19-23-10-11-27(42-3)32-29(23)35(25,13-14-37(26)2)33(43-32)31(24)36-30(21)34(41)39-17-15-38(16-18-39)28(40)12-9-22-7-5-4-6-8-22/h4-8,10-11,25-26,33,36H,9,12-20H2,1-3H3/t25?,26-,33+,35+/m1/s1. The smallest absolute Gasteiger partial charge is 0.270 e. The molecule has 43 heavy (non-hydrogen) atoms. The molecule has 2 fully saturated rings. The number of aromatic amines is 1. The van der Waals surface area contributed by atoms with Gasteiger partial charge in [-0.2, -0.15) is 0 Å². The maximum atomic E-state index is 14.0. The number of methoxy groups -OCH3 is 1. The Balaban J connectivity index is 1.05. The number of fused-ring (bicyclic) bond motifs is 2. The van der Waals surface area contributed by atoms with E-state index in [2.05, 4.69) is 48.1 Å². The predicted octanol–water partition coefficient (Wildman–Crippen LogP) is 4.05. The fourth-order valence-electron chi connectivity index (χ4n) is 9.02. The van der Waals surface area contributed by atoms with Crippen LogP contribution in [0.1, 0.15) is 62.9 Å². The van der Waals surface area contributed by atoms with E-state index < -0.39 is 0 Å². The SMILES string of the molecule is COc1ccc2c3c1O[C@H]1c4[nH]c(C(=O)N5CCN(C(=O)CCc6ccccc6)CC5)c(C)c4CC4[C@@H](C2)N(C)CC[C@@]341. The third-order valence-corrected chi connectivity index (χ3v) is 11.3. The van der Waals surface area contributed by atoms with Crippen LogP contribution in [-0.4, -0.2) is 84.4 Å². The maximum Gasteiger partial charge on any atom is 0.270 e. The Labute approximate surface area is 252 Å². The van der Waals surface area contributed by atoms with Crippen LogP contribution in [-0.2, 0) is 29.5 Å². The van der Waals surface area contributed by atoms with Gasteiger partial charge in [0.05, 0.1) is 12.8 Å². The van der Waals surface area contributed by atoms with E-state index in [1.165, 1.54) is 22.3 Å². The lowest BCUT2D eigenvalue weighted by Gasteiger charge is -2.57. The van der Waals surface area contributed by atoms with Gasteiger partial charge < -0.3 is 29.2 Å². The number of piperazine rings is 1. The summed E-state index contributed by atoms with van der Waals surface area (Å²) in [5.74, 6) is 2.31. The number of carbonyl (C=O) groups is 2. The number of hydrogen-bond acceptors (Lipinski definition) is 5. The second-order valence-electron chi connectivity index (χ2n) is 13.2. The topological polar surface area (TPSA) is 78.1 Å². The number of aromatic nitrogens is 1. The molecule has 1 N–H and O–H groups in total. The lowest BCUT2D eigenvalue weighted by atomic mass is 9.51. The summed E-state index contributed by atoms with van der Waals surface area (Å²) < 4.78 is 12.7. The van der Waals surface area contributed by atoms with Crippen LogP contribution in [0.15, 0.2) is 42.5 Å². The maximum absolute atomic E-state index is 14.0. The molecule has 5 aliphatic rings. The monoisotopic (exact) mass is 580 g/mol. The minimum absolute atomic E-state index is 0.0256. The molecule has 8 heteroatoms. The lowest BCUT2D eigenvalue weighted by Crippen LogP contribution is -2.62. The summed E-state index contributed by atoms with van der Waals surface area (Å²) in [6.45, 7) is 5.37. The molecule has 224 valence electrons. The highest BCUT2D eigenvalue weighted by atomic mass is 16.5. The zero-order valence-electron chi connectivity index (χ0n) is 25.3. The van der Waals surface area contributed by atoms with Crippen molar-refractivity contribution in [3.8, 4) is 11.5 Å². The van der Waals surface area contributed by atoms with Crippen molar-refractivity contribution >= 4 is 11.8 Å². The third-order valence-electron chi connectivity index (χ3n) is 11.3. The number of ether oxygens (including phenoxy) is 2. The van der Waals surface area contributed by atoms with Crippen LogP contribution in [0.25, 0.3) is 0 Å². The van der Waals surface area contributed by atoms with Crippen LogP contribution < -0.4 is 9.47 Å². The van der Waals surface area contributed by atoms with Gasteiger partial charge in [0, 0.05) is 49.6 Å². The third kappa shape index (κ3) is 3.84. The second-order valence-corrected chi connectivity index (χ2v) is 13.2. The van der Waals surface area contributed by atoms with Crippen molar-refractivity contribution in [1.29, 1.82) is 0 Å². The van der Waals surface area contributed by atoms with Crippen LogP contribution >= 0.6 is 0 Å². The van der Waals surface area contributed by atoms with Crippen LogP contribution in [0.5, 0.6) is 11.5 Å². The summed E-state index contributed by atoms with van der Waals surface area (Å²) >= 11 is 0. The Morgan fingerprint density at radius 1 is 1.02 bits per heavy atom. The Morgan fingerprint density at radius 3 is 2.56 bits per heavy atom. The van der Waals surface area contributed by atoms with E-state index in [1.807, 2.05) is 28.0 Å². The van der Waals surface area contributed by atoms with E-state index in [1.54, 1.807) is 7.11 Å². The zero-order chi connectivity index (χ0) is 29.5. The molecule has 8 rings (SSSR count). The molecule has 2 saturated heterocycles. The Morgan fingerprint density at radius 2 is 1.79 bits per heavy atom. The minimum Gasteiger partial charge on any atom is -0.493 e. The fourth-order valence-corrected chi connectivity index (χ4v) is 9.02. The van der Waals surface area contributed by atoms with Gasteiger partial charge in [0.2, 0.25) is 5.91 Å². The number of carbonyl (C=O) groups excluding carboxylic acids is 2. The zero-order valence-corrected chi connectivity index (χ0v) is 25.3. The van der Waals surface area contributed by atoms with Gasteiger partial charge in [0.15, 0.2) is 11.5 Å². The Bertz CT molecular complexity index is 1610. The molecule has 2 aliphatic carbocycles. The highest BCUT2D eigenvalue weighted by Crippen LogP contribution is 2.67. The first-order valence-corrected chi connectivity index (χ1v) is 15.8. The molecule has 8 nitrogen and oxygen atoms in total. The highest BCUT2D eigenvalue weighted by molar-refractivity contribution is 5.95. The van der Waals surface area contributed by atoms with Crippen LogP contribution in [0.3, 0.4) is 0 Å². The molecule has 1 aromatic heterocycles. The Hall–Kier alpha value is -3.78. The fraction of sp³-hybridized carbons (Fsp3) is 0.486. The molecule has 3 aliphatic heterocycles. The van der Waals surface area contributed by atoms with Gasteiger partial charge in [-0.25, -0.2) is 0 Å². The first kappa shape index (κ1) is 26.8. The van der Waals surface area contributed by atoms with Crippen molar-refractivity contribution in [2.45, 2.75) is 56.6 Å². The van der Waals surface area contributed by atoms with Gasteiger partial charge in [-0.1, -0.05) is 36.4 Å². The van der Waals surface area contributed by atoms with Gasteiger partial charge >= 0.3 is 0 Å². The number of H-pyrrole nitrogens is 1. The van der Waals surface area contributed by atoms with Crippen molar-refractivity contribution < 1.29 is 19.1 Å². The van der Waals surface area contributed by atoms with Crippen molar-refractivity contribution in [2.24, 2.45) is 5.92 Å². The first-order valence-electron chi connectivity index (χ1n) is 15.8. The predicted molar refractivity (Wildman–Crippen MR) is 163 cm³/mol. The molecule has 2 amide bonds. The first-order chi connectivity index (χ1) is 20.9. The molecule has 0 saturated carbocycles. The van der Waals surface area contributed by atoms with E-state index in [-0.39, 0.29) is 23.3 Å². The number of hydrogen-bond donors (Lipinski definition) is 1. The summed E-state index contributed by atoms with van der Waals surface area (Å²) in [5, 5.41) is 0. The van der Waals surface area contributed by atoms with Crippen molar-refractivity contribution in [2.75, 3.05) is 46.9 Å². The van der Waals surface area contributed by atoms with Crippen molar-refractivity contribution in [1.82, 2.24) is 19.7 Å². The summed E-state index contributed by atoms with van der Waals surface area (Å²) in [6, 6.07) is 14.9. The molecular formula is C35H40N4O4. The number of aryl methyl sites for hydroxylation is 1. The average Bonchev–Trinajstić information content (AvgIpc) is 3.56. The van der Waals surface area contributed by atoms with Gasteiger partial charge in [0.25, 0.3) is 5.91 Å².